The Bertz CT molecular complexity index is 1380. The van der Waals surface area contributed by atoms with Crippen molar-refractivity contribution in [1.82, 2.24) is 24.6 Å². The standard InChI is InChI=1S/C25H32BrN6O6P/c1-15(2)11-20(24(33)36-4)31-39(34,38-19-9-6-17(26)7-10-19)37-13-16-5-8-18(12-16)32-14-28-21-22(32)29-25(27)30-23(21)35-3/h5-10,14-16,18,20H,11-13H2,1-4H3,(H,31,34)(H2,27,29,30)/t16-,18+,20+,39?/m1/s1. The minimum absolute atomic E-state index is 0.0798. The van der Waals surface area contributed by atoms with Gasteiger partial charge in [0.2, 0.25) is 11.8 Å². The van der Waals surface area contributed by atoms with Crippen LogP contribution in [0, 0.1) is 11.8 Å². The Morgan fingerprint density at radius 1 is 1.23 bits per heavy atom. The number of carbonyl (C=O) groups is 1. The van der Waals surface area contributed by atoms with Gasteiger partial charge in [-0.15, -0.1) is 0 Å². The van der Waals surface area contributed by atoms with E-state index >= 15 is 0 Å². The lowest BCUT2D eigenvalue weighted by Crippen LogP contribution is -2.38. The normalized spacial score (nSPS) is 19.2. The van der Waals surface area contributed by atoms with Crippen molar-refractivity contribution in [3.63, 3.8) is 0 Å². The van der Waals surface area contributed by atoms with Crippen molar-refractivity contribution in [3.05, 3.63) is 47.2 Å². The van der Waals surface area contributed by atoms with E-state index in [1.54, 1.807) is 30.6 Å². The van der Waals surface area contributed by atoms with Crippen LogP contribution in [-0.2, 0) is 18.6 Å². The van der Waals surface area contributed by atoms with E-state index in [4.69, 9.17) is 24.3 Å². The second-order valence-electron chi connectivity index (χ2n) is 9.54. The number of fused-ring (bicyclic) bond motifs is 1. The maximum atomic E-state index is 14.0. The number of aromatic nitrogens is 4. The summed E-state index contributed by atoms with van der Waals surface area (Å²) in [6, 6.07) is 5.88. The van der Waals surface area contributed by atoms with Gasteiger partial charge in [-0.25, -0.2) is 9.55 Å². The Kier molecular flexibility index (Phi) is 9.27. The molecular weight excluding hydrogens is 591 g/mol. The summed E-state index contributed by atoms with van der Waals surface area (Å²) in [5.74, 6) is 0.203. The first kappa shape index (κ1) is 29.0. The van der Waals surface area contributed by atoms with Gasteiger partial charge in [0.05, 0.1) is 33.2 Å². The van der Waals surface area contributed by atoms with Crippen molar-refractivity contribution in [3.8, 4) is 11.6 Å². The molecule has 2 aromatic heterocycles. The Morgan fingerprint density at radius 3 is 2.64 bits per heavy atom. The molecule has 1 unspecified atom stereocenters. The average Bonchev–Trinajstić information content (AvgIpc) is 3.54. The summed E-state index contributed by atoms with van der Waals surface area (Å²) in [5.41, 5.74) is 6.92. The fraction of sp³-hybridized carbons (Fsp3) is 0.440. The molecule has 3 N–H and O–H groups in total. The molecule has 0 saturated heterocycles. The zero-order valence-electron chi connectivity index (χ0n) is 22.1. The summed E-state index contributed by atoms with van der Waals surface area (Å²) in [6.45, 7) is 3.99. The van der Waals surface area contributed by atoms with Gasteiger partial charge in [0.1, 0.15) is 11.8 Å². The molecule has 0 bridgehead atoms. The van der Waals surface area contributed by atoms with Gasteiger partial charge < -0.3 is 24.3 Å². The van der Waals surface area contributed by atoms with Crippen molar-refractivity contribution in [2.24, 2.45) is 11.8 Å². The maximum Gasteiger partial charge on any atom is 0.459 e. The summed E-state index contributed by atoms with van der Waals surface area (Å²) < 4.78 is 38.7. The number of methoxy groups -OCH3 is 2. The number of nitrogens with two attached hydrogens (primary N) is 1. The highest BCUT2D eigenvalue weighted by Gasteiger charge is 2.36. The minimum atomic E-state index is -4.00. The van der Waals surface area contributed by atoms with Crippen molar-refractivity contribution in [1.29, 1.82) is 0 Å². The molecule has 0 spiro atoms. The number of nitrogens with zero attached hydrogens (tertiary/aromatic N) is 4. The van der Waals surface area contributed by atoms with Gasteiger partial charge in [-0.3, -0.25) is 9.32 Å². The van der Waals surface area contributed by atoms with Crippen LogP contribution in [0.5, 0.6) is 11.6 Å². The smallest absolute Gasteiger partial charge is 0.459 e. The second kappa shape index (κ2) is 12.5. The summed E-state index contributed by atoms with van der Waals surface area (Å²) in [5, 5.41) is 2.82. The number of esters is 1. The van der Waals surface area contributed by atoms with Crippen LogP contribution in [0.15, 0.2) is 47.2 Å². The summed E-state index contributed by atoms with van der Waals surface area (Å²) in [7, 11) is -1.21. The van der Waals surface area contributed by atoms with Crippen molar-refractivity contribution in [2.45, 2.75) is 38.8 Å². The number of nitrogen functional groups attached to an aromatic ring is 1. The van der Waals surface area contributed by atoms with Gasteiger partial charge in [-0.1, -0.05) is 41.9 Å². The van der Waals surface area contributed by atoms with E-state index in [1.807, 2.05) is 30.6 Å². The Balaban J connectivity index is 1.50. The van der Waals surface area contributed by atoms with Crippen LogP contribution in [0.25, 0.3) is 11.2 Å². The molecule has 0 fully saturated rings. The Labute approximate surface area is 235 Å². The van der Waals surface area contributed by atoms with E-state index in [0.29, 0.717) is 35.6 Å². The highest BCUT2D eigenvalue weighted by Crippen LogP contribution is 2.47. The van der Waals surface area contributed by atoms with E-state index < -0.39 is 19.8 Å². The van der Waals surface area contributed by atoms with E-state index in [9.17, 15) is 9.36 Å². The summed E-state index contributed by atoms with van der Waals surface area (Å²) in [6.07, 6.45) is 6.66. The third kappa shape index (κ3) is 7.16. The van der Waals surface area contributed by atoms with Gasteiger partial charge in [0.15, 0.2) is 11.2 Å². The SMILES string of the molecule is COC(=O)[C@H](CC(C)C)NP(=O)(OC[C@@H]1C=C[C@H](n2cnc3c(OC)nc(N)nc32)C1)Oc1ccc(Br)cc1. The third-order valence-electron chi connectivity index (χ3n) is 6.11. The summed E-state index contributed by atoms with van der Waals surface area (Å²) >= 11 is 3.38. The lowest BCUT2D eigenvalue weighted by Gasteiger charge is -2.26. The summed E-state index contributed by atoms with van der Waals surface area (Å²) in [4.78, 5) is 25.3. The van der Waals surface area contributed by atoms with Crippen LogP contribution in [0.3, 0.4) is 0 Å². The minimum Gasteiger partial charge on any atom is -0.479 e. The van der Waals surface area contributed by atoms with E-state index in [1.165, 1.54) is 14.2 Å². The van der Waals surface area contributed by atoms with Crippen LogP contribution in [0.4, 0.5) is 5.95 Å². The number of allylic oxidation sites excluding steroid dienone is 1. The molecule has 0 saturated carbocycles. The van der Waals surface area contributed by atoms with Crippen molar-refractivity contribution in [2.75, 3.05) is 26.6 Å². The number of ether oxygens (including phenoxy) is 2. The molecule has 0 amide bonds. The lowest BCUT2D eigenvalue weighted by atomic mass is 10.1. The highest BCUT2D eigenvalue weighted by atomic mass is 79.9. The molecule has 1 aromatic carbocycles. The Morgan fingerprint density at radius 2 is 1.97 bits per heavy atom. The first-order valence-electron chi connectivity index (χ1n) is 12.4. The molecule has 210 valence electrons. The van der Waals surface area contributed by atoms with E-state index in [-0.39, 0.29) is 30.4 Å². The number of carbonyl (C=O) groups excluding carboxylic acids is 1. The van der Waals surface area contributed by atoms with E-state index in [0.717, 1.165) is 4.47 Å². The van der Waals surface area contributed by atoms with Gasteiger partial charge >= 0.3 is 13.7 Å². The molecule has 4 atom stereocenters. The third-order valence-corrected chi connectivity index (χ3v) is 8.21. The fourth-order valence-electron chi connectivity index (χ4n) is 4.30. The lowest BCUT2D eigenvalue weighted by molar-refractivity contribution is -0.143. The number of imidazole rings is 1. The van der Waals surface area contributed by atoms with Gasteiger partial charge in [0, 0.05) is 10.4 Å². The zero-order valence-corrected chi connectivity index (χ0v) is 24.6. The van der Waals surface area contributed by atoms with Crippen LogP contribution in [0.2, 0.25) is 0 Å². The second-order valence-corrected chi connectivity index (χ2v) is 12.1. The number of hydrogen-bond acceptors (Lipinski definition) is 10. The molecule has 0 radical (unpaired) electrons. The molecule has 14 heteroatoms. The quantitative estimate of drug-likeness (QED) is 0.164. The molecule has 4 rings (SSSR count). The fourth-order valence-corrected chi connectivity index (χ4v) is 6.12. The monoisotopic (exact) mass is 622 g/mol. The topological polar surface area (TPSA) is 153 Å². The zero-order chi connectivity index (χ0) is 28.2. The largest absolute Gasteiger partial charge is 0.479 e. The molecule has 1 aliphatic carbocycles. The van der Waals surface area contributed by atoms with Crippen LogP contribution in [-0.4, -0.2) is 52.4 Å². The predicted molar refractivity (Wildman–Crippen MR) is 149 cm³/mol. The average molecular weight is 623 g/mol. The number of nitrogens with one attached hydrogen (secondary N) is 1. The molecule has 39 heavy (non-hydrogen) atoms. The van der Waals surface area contributed by atoms with Gasteiger partial charge in [0.25, 0.3) is 0 Å². The van der Waals surface area contributed by atoms with Crippen LogP contribution >= 0.6 is 23.7 Å². The maximum absolute atomic E-state index is 14.0. The molecule has 12 nitrogen and oxygen atoms in total. The number of anilines is 1. The number of halogens is 1. The molecule has 3 aromatic rings. The highest BCUT2D eigenvalue weighted by molar-refractivity contribution is 9.10. The van der Waals surface area contributed by atoms with Crippen LogP contribution in [0.1, 0.15) is 32.7 Å². The van der Waals surface area contributed by atoms with Gasteiger partial charge in [-0.05, 0) is 43.0 Å². The number of benzene rings is 1. The van der Waals surface area contributed by atoms with Gasteiger partial charge in [-0.2, -0.15) is 15.1 Å². The molecule has 0 aliphatic heterocycles. The predicted octanol–water partition coefficient (Wildman–Crippen LogP) is 4.68. The van der Waals surface area contributed by atoms with Crippen molar-refractivity contribution >= 4 is 46.8 Å². The number of rotatable bonds is 12. The molecule has 1 aliphatic rings. The van der Waals surface area contributed by atoms with Crippen LogP contribution < -0.4 is 20.1 Å². The molecule has 2 heterocycles. The van der Waals surface area contributed by atoms with Crippen molar-refractivity contribution < 1.29 is 27.9 Å². The Hall–Kier alpha value is -2.99. The molecular formula is C25H32BrN6O6P. The van der Waals surface area contributed by atoms with E-state index in [2.05, 4.69) is 36.0 Å². The first-order valence-corrected chi connectivity index (χ1v) is 14.7. The first-order chi connectivity index (χ1) is 18.6. The number of hydrogen-bond donors (Lipinski definition) is 2.